The van der Waals surface area contributed by atoms with Crippen molar-refractivity contribution >= 4 is 28.5 Å². The van der Waals surface area contributed by atoms with Crippen molar-refractivity contribution in [2.24, 2.45) is 12.0 Å². The van der Waals surface area contributed by atoms with Gasteiger partial charge < -0.3 is 4.57 Å². The standard InChI is InChI=1S/C19H19N3O2/c1-12-9-15(10-19(13(12)2)22(23)24)20-11-17-14(3)21(4)18-8-6-5-7-16(17)18/h5-11H,1-4H3. The van der Waals surface area contributed by atoms with Crippen molar-refractivity contribution in [1.82, 2.24) is 4.57 Å². The Balaban J connectivity index is 2.10. The number of fused-ring (bicyclic) bond motifs is 1. The third kappa shape index (κ3) is 2.58. The predicted octanol–water partition coefficient (Wildman–Crippen LogP) is 4.76. The lowest BCUT2D eigenvalue weighted by Gasteiger charge is -2.03. The van der Waals surface area contributed by atoms with Gasteiger partial charge in [-0.3, -0.25) is 15.1 Å². The van der Waals surface area contributed by atoms with E-state index in [0.29, 0.717) is 11.3 Å². The summed E-state index contributed by atoms with van der Waals surface area (Å²) in [6, 6.07) is 11.5. The van der Waals surface area contributed by atoms with Crippen LogP contribution in [-0.2, 0) is 7.05 Å². The Bertz CT molecular complexity index is 984. The van der Waals surface area contributed by atoms with Gasteiger partial charge in [0, 0.05) is 47.1 Å². The fraction of sp³-hybridized carbons (Fsp3) is 0.211. The van der Waals surface area contributed by atoms with Crippen LogP contribution >= 0.6 is 0 Å². The van der Waals surface area contributed by atoms with Gasteiger partial charge in [0.25, 0.3) is 5.69 Å². The molecule has 1 heterocycles. The molecule has 0 N–H and O–H groups in total. The second-order valence-electron chi connectivity index (χ2n) is 6.00. The van der Waals surface area contributed by atoms with Crippen molar-refractivity contribution in [3.63, 3.8) is 0 Å². The summed E-state index contributed by atoms with van der Waals surface area (Å²) >= 11 is 0. The minimum Gasteiger partial charge on any atom is -0.347 e. The van der Waals surface area contributed by atoms with Crippen molar-refractivity contribution in [3.8, 4) is 0 Å². The summed E-state index contributed by atoms with van der Waals surface area (Å²) in [5.41, 5.74) is 5.54. The van der Waals surface area contributed by atoms with Crippen LogP contribution in [-0.4, -0.2) is 15.7 Å². The van der Waals surface area contributed by atoms with E-state index in [2.05, 4.69) is 21.7 Å². The molecule has 0 saturated heterocycles. The van der Waals surface area contributed by atoms with Crippen molar-refractivity contribution in [2.75, 3.05) is 0 Å². The molecule has 0 fully saturated rings. The molecule has 24 heavy (non-hydrogen) atoms. The SMILES string of the molecule is Cc1cc(N=Cc2c(C)n(C)c3ccccc23)cc([N+](=O)[O-])c1C. The second-order valence-corrected chi connectivity index (χ2v) is 6.00. The van der Waals surface area contributed by atoms with Gasteiger partial charge in [-0.1, -0.05) is 18.2 Å². The zero-order valence-corrected chi connectivity index (χ0v) is 14.2. The van der Waals surface area contributed by atoms with Gasteiger partial charge >= 0.3 is 0 Å². The molecular formula is C19H19N3O2. The van der Waals surface area contributed by atoms with Crippen LogP contribution in [0.5, 0.6) is 0 Å². The Morgan fingerprint density at radius 2 is 1.88 bits per heavy atom. The van der Waals surface area contributed by atoms with Gasteiger partial charge in [0.15, 0.2) is 0 Å². The van der Waals surface area contributed by atoms with E-state index in [0.717, 1.165) is 27.7 Å². The molecule has 0 unspecified atom stereocenters. The lowest BCUT2D eigenvalue weighted by Crippen LogP contribution is -1.94. The fourth-order valence-electron chi connectivity index (χ4n) is 2.94. The van der Waals surface area contributed by atoms with Gasteiger partial charge in [0.05, 0.1) is 10.6 Å². The number of aliphatic imine (C=N–C) groups is 1. The third-order valence-electron chi connectivity index (χ3n) is 4.61. The highest BCUT2D eigenvalue weighted by atomic mass is 16.6. The van der Waals surface area contributed by atoms with E-state index in [4.69, 9.17) is 0 Å². The van der Waals surface area contributed by atoms with E-state index in [1.807, 2.05) is 39.1 Å². The maximum Gasteiger partial charge on any atom is 0.274 e. The predicted molar refractivity (Wildman–Crippen MR) is 97.5 cm³/mol. The van der Waals surface area contributed by atoms with Crippen LogP contribution in [0.15, 0.2) is 41.4 Å². The topological polar surface area (TPSA) is 60.4 Å². The van der Waals surface area contributed by atoms with Crippen LogP contribution in [0.4, 0.5) is 11.4 Å². The molecule has 3 aromatic rings. The smallest absolute Gasteiger partial charge is 0.274 e. The number of aryl methyl sites for hydroxylation is 2. The highest BCUT2D eigenvalue weighted by molar-refractivity contribution is 6.01. The van der Waals surface area contributed by atoms with E-state index in [-0.39, 0.29) is 10.6 Å². The van der Waals surface area contributed by atoms with Crippen molar-refractivity contribution < 1.29 is 4.92 Å². The van der Waals surface area contributed by atoms with Crippen LogP contribution < -0.4 is 0 Å². The Hall–Kier alpha value is -2.95. The minimum atomic E-state index is -0.357. The molecular weight excluding hydrogens is 302 g/mol. The number of benzene rings is 2. The highest BCUT2D eigenvalue weighted by Crippen LogP contribution is 2.29. The number of hydrogen-bond donors (Lipinski definition) is 0. The van der Waals surface area contributed by atoms with Crippen LogP contribution in [0, 0.1) is 30.9 Å². The molecule has 0 saturated carbocycles. The van der Waals surface area contributed by atoms with E-state index in [1.165, 1.54) is 6.07 Å². The van der Waals surface area contributed by atoms with Gasteiger partial charge in [0.2, 0.25) is 0 Å². The molecule has 0 atom stereocenters. The van der Waals surface area contributed by atoms with Crippen LogP contribution in [0.25, 0.3) is 10.9 Å². The van der Waals surface area contributed by atoms with E-state index in [1.54, 1.807) is 13.1 Å². The summed E-state index contributed by atoms with van der Waals surface area (Å²) in [6.45, 7) is 5.67. The number of nitro groups is 1. The Kier molecular flexibility index (Phi) is 3.93. The number of hydrogen-bond acceptors (Lipinski definition) is 3. The van der Waals surface area contributed by atoms with Crippen molar-refractivity contribution in [2.45, 2.75) is 20.8 Å². The molecule has 5 heteroatoms. The van der Waals surface area contributed by atoms with Crippen molar-refractivity contribution in [3.05, 3.63) is 68.9 Å². The van der Waals surface area contributed by atoms with Gasteiger partial charge in [-0.25, -0.2) is 0 Å². The number of para-hydroxylation sites is 1. The van der Waals surface area contributed by atoms with Gasteiger partial charge in [-0.2, -0.15) is 0 Å². The van der Waals surface area contributed by atoms with Crippen LogP contribution in [0.3, 0.4) is 0 Å². The third-order valence-corrected chi connectivity index (χ3v) is 4.61. The van der Waals surface area contributed by atoms with Crippen LogP contribution in [0.2, 0.25) is 0 Å². The number of nitrogens with zero attached hydrogens (tertiary/aromatic N) is 3. The maximum atomic E-state index is 11.2. The zero-order valence-electron chi connectivity index (χ0n) is 14.2. The normalized spacial score (nSPS) is 11.5. The molecule has 3 rings (SSSR count). The van der Waals surface area contributed by atoms with E-state index in [9.17, 15) is 10.1 Å². The first-order chi connectivity index (χ1) is 11.4. The molecule has 5 nitrogen and oxygen atoms in total. The second kappa shape index (κ2) is 5.92. The molecule has 1 aromatic heterocycles. The summed E-state index contributed by atoms with van der Waals surface area (Å²) < 4.78 is 2.12. The summed E-state index contributed by atoms with van der Waals surface area (Å²) in [5, 5.41) is 12.3. The quantitative estimate of drug-likeness (QED) is 0.396. The lowest BCUT2D eigenvalue weighted by molar-refractivity contribution is -0.385. The maximum absolute atomic E-state index is 11.2. The van der Waals surface area contributed by atoms with E-state index < -0.39 is 0 Å². The molecule has 0 bridgehead atoms. The Morgan fingerprint density at radius 1 is 1.17 bits per heavy atom. The van der Waals surface area contributed by atoms with Gasteiger partial charge in [0.1, 0.15) is 0 Å². The highest BCUT2D eigenvalue weighted by Gasteiger charge is 2.14. The molecule has 0 radical (unpaired) electrons. The fourth-order valence-corrected chi connectivity index (χ4v) is 2.94. The summed E-state index contributed by atoms with van der Waals surface area (Å²) in [7, 11) is 2.02. The zero-order chi connectivity index (χ0) is 17.4. The molecule has 122 valence electrons. The molecule has 0 aliphatic heterocycles. The molecule has 0 amide bonds. The first kappa shape index (κ1) is 15.9. The largest absolute Gasteiger partial charge is 0.347 e. The van der Waals surface area contributed by atoms with E-state index >= 15 is 0 Å². The summed E-state index contributed by atoms with van der Waals surface area (Å²) in [5.74, 6) is 0. The molecule has 2 aromatic carbocycles. The first-order valence-corrected chi connectivity index (χ1v) is 7.74. The monoisotopic (exact) mass is 321 g/mol. The number of nitro benzene ring substituents is 1. The summed E-state index contributed by atoms with van der Waals surface area (Å²) in [6.07, 6.45) is 1.80. The first-order valence-electron chi connectivity index (χ1n) is 7.74. The summed E-state index contributed by atoms with van der Waals surface area (Å²) in [4.78, 5) is 15.3. The average Bonchev–Trinajstić information content (AvgIpc) is 2.80. The lowest BCUT2D eigenvalue weighted by atomic mass is 10.1. The number of rotatable bonds is 3. The van der Waals surface area contributed by atoms with Gasteiger partial charge in [-0.15, -0.1) is 0 Å². The Morgan fingerprint density at radius 3 is 2.58 bits per heavy atom. The van der Waals surface area contributed by atoms with Crippen molar-refractivity contribution in [1.29, 1.82) is 0 Å². The Labute approximate surface area is 140 Å². The average molecular weight is 321 g/mol. The van der Waals surface area contributed by atoms with Gasteiger partial charge in [-0.05, 0) is 38.5 Å². The number of aromatic nitrogens is 1. The molecule has 0 aliphatic rings. The minimum absolute atomic E-state index is 0.108. The molecule has 0 aliphatic carbocycles. The van der Waals surface area contributed by atoms with Crippen LogP contribution in [0.1, 0.15) is 22.4 Å². The molecule has 0 spiro atoms.